The number of carbonyl (C=O) groups is 1. The Balaban J connectivity index is 1.61. The average Bonchev–Trinajstić information content (AvgIpc) is 2.68. The van der Waals surface area contributed by atoms with Gasteiger partial charge in [0.25, 0.3) is 5.91 Å². The number of anilines is 1. The molecule has 0 bridgehead atoms. The van der Waals surface area contributed by atoms with E-state index in [1.54, 1.807) is 6.07 Å². The highest BCUT2D eigenvalue weighted by Crippen LogP contribution is 2.43. The number of hydrogen-bond acceptors (Lipinski definition) is 7. The van der Waals surface area contributed by atoms with E-state index >= 15 is 0 Å². The zero-order valence-electron chi connectivity index (χ0n) is 15.1. The molecule has 3 rings (SSSR count). The molecule has 5 N–H and O–H groups in total. The lowest BCUT2D eigenvalue weighted by atomic mass is 9.93. The quantitative estimate of drug-likeness (QED) is 0.475. The predicted octanol–water partition coefficient (Wildman–Crippen LogP) is 0.598. The second-order valence-corrected chi connectivity index (χ2v) is 7.68. The van der Waals surface area contributed by atoms with Crippen molar-refractivity contribution in [2.75, 3.05) is 51.7 Å². The molecule has 2 atom stereocenters. The molecule has 150 valence electrons. The van der Waals surface area contributed by atoms with E-state index in [0.29, 0.717) is 59.9 Å². The predicted molar refractivity (Wildman–Crippen MR) is 104 cm³/mol. The Morgan fingerprint density at radius 3 is 2.81 bits per heavy atom. The molecular weight excluding hydrogens is 418 g/mol. The number of hydrogen-bond donors (Lipinski definition) is 4. The number of carbonyl (C=O) groups excluding carboxylic acids is 1. The van der Waals surface area contributed by atoms with E-state index in [0.717, 1.165) is 19.5 Å². The van der Waals surface area contributed by atoms with Gasteiger partial charge in [0.15, 0.2) is 11.5 Å². The Morgan fingerprint density at radius 1 is 1.37 bits per heavy atom. The van der Waals surface area contributed by atoms with Crippen LogP contribution in [0.3, 0.4) is 0 Å². The molecule has 2 aliphatic rings. The number of nitrogen functional groups attached to an aromatic ring is 1. The number of amides is 1. The number of β-amino-alcohol motifs (C(OH)–C–C–N with tert-alkyl or cyclic N) is 1. The van der Waals surface area contributed by atoms with Gasteiger partial charge < -0.3 is 35.6 Å². The summed E-state index contributed by atoms with van der Waals surface area (Å²) in [6.07, 6.45) is 0.973. The van der Waals surface area contributed by atoms with Crippen LogP contribution in [-0.2, 0) is 0 Å². The van der Waals surface area contributed by atoms with Gasteiger partial charge in [-0.1, -0.05) is 0 Å². The van der Waals surface area contributed by atoms with Gasteiger partial charge in [-0.3, -0.25) is 4.79 Å². The van der Waals surface area contributed by atoms with Gasteiger partial charge in [-0.15, -0.1) is 0 Å². The molecule has 1 aromatic carbocycles. The first kappa shape index (κ1) is 20.2. The number of nitrogens with zero attached hydrogens (tertiary/aromatic N) is 1. The zero-order chi connectivity index (χ0) is 19.4. The number of aliphatic hydroxyl groups is 2. The molecule has 9 heteroatoms. The maximum atomic E-state index is 12.7. The third-order valence-electron chi connectivity index (χ3n) is 4.99. The lowest BCUT2D eigenvalue weighted by Gasteiger charge is -2.36. The summed E-state index contributed by atoms with van der Waals surface area (Å²) in [5.74, 6) is 0.522. The van der Waals surface area contributed by atoms with Crippen LogP contribution in [0.25, 0.3) is 0 Å². The summed E-state index contributed by atoms with van der Waals surface area (Å²) in [5.41, 5.74) is 6.71. The Hall–Kier alpha value is -1.55. The number of nitrogens with one attached hydrogen (secondary N) is 1. The van der Waals surface area contributed by atoms with E-state index in [-0.39, 0.29) is 18.4 Å². The number of aliphatic hydroxyl groups excluding tert-OH is 2. The van der Waals surface area contributed by atoms with Crippen molar-refractivity contribution in [3.05, 3.63) is 16.1 Å². The van der Waals surface area contributed by atoms with Crippen LogP contribution in [-0.4, -0.2) is 73.1 Å². The molecule has 0 radical (unpaired) electrons. The van der Waals surface area contributed by atoms with Crippen molar-refractivity contribution < 1.29 is 24.5 Å². The van der Waals surface area contributed by atoms with E-state index < -0.39 is 6.10 Å². The van der Waals surface area contributed by atoms with Crippen LogP contribution in [0, 0.1) is 5.92 Å². The largest absolute Gasteiger partial charge is 0.485 e. The molecule has 0 aromatic heterocycles. The van der Waals surface area contributed by atoms with Crippen LogP contribution >= 0.6 is 15.9 Å². The van der Waals surface area contributed by atoms with E-state index in [4.69, 9.17) is 20.3 Å². The van der Waals surface area contributed by atoms with Gasteiger partial charge in [0.05, 0.1) is 21.8 Å². The first-order valence-corrected chi connectivity index (χ1v) is 9.97. The van der Waals surface area contributed by atoms with Crippen LogP contribution in [0.5, 0.6) is 11.5 Å². The highest BCUT2D eigenvalue weighted by molar-refractivity contribution is 9.10. The number of benzene rings is 1. The van der Waals surface area contributed by atoms with Crippen molar-refractivity contribution in [2.24, 2.45) is 5.92 Å². The number of nitrogens with two attached hydrogens (primary N) is 1. The number of fused-ring (bicyclic) bond motifs is 1. The van der Waals surface area contributed by atoms with Gasteiger partial charge in [0.2, 0.25) is 0 Å². The van der Waals surface area contributed by atoms with Gasteiger partial charge in [-0.05, 0) is 41.4 Å². The topological polar surface area (TPSA) is 117 Å². The van der Waals surface area contributed by atoms with E-state index in [9.17, 15) is 9.90 Å². The van der Waals surface area contributed by atoms with Crippen LogP contribution in [0.4, 0.5) is 5.69 Å². The smallest absolute Gasteiger partial charge is 0.255 e. The summed E-state index contributed by atoms with van der Waals surface area (Å²) < 4.78 is 11.8. The summed E-state index contributed by atoms with van der Waals surface area (Å²) in [4.78, 5) is 14.8. The van der Waals surface area contributed by atoms with Crippen LogP contribution < -0.4 is 20.5 Å². The van der Waals surface area contributed by atoms with Gasteiger partial charge in [-0.2, -0.15) is 0 Å². The molecule has 0 spiro atoms. The summed E-state index contributed by atoms with van der Waals surface area (Å²) in [6.45, 7) is 3.46. The molecular formula is C18H26BrN3O5. The van der Waals surface area contributed by atoms with E-state index in [1.807, 2.05) is 0 Å². The normalized spacial score (nSPS) is 22.5. The maximum Gasteiger partial charge on any atom is 0.255 e. The van der Waals surface area contributed by atoms with Gasteiger partial charge >= 0.3 is 0 Å². The van der Waals surface area contributed by atoms with Crippen LogP contribution in [0.15, 0.2) is 10.5 Å². The Morgan fingerprint density at radius 2 is 2.11 bits per heavy atom. The van der Waals surface area contributed by atoms with Crippen molar-refractivity contribution in [3.8, 4) is 11.5 Å². The summed E-state index contributed by atoms with van der Waals surface area (Å²) in [7, 11) is 0. The second-order valence-electron chi connectivity index (χ2n) is 6.89. The molecule has 0 saturated carbocycles. The lowest BCUT2D eigenvalue weighted by Crippen LogP contribution is -2.48. The summed E-state index contributed by atoms with van der Waals surface area (Å²) in [6, 6.07) is 1.57. The second kappa shape index (κ2) is 9.09. The molecule has 1 amide bonds. The minimum absolute atomic E-state index is 0.0138. The third kappa shape index (κ3) is 4.66. The van der Waals surface area contributed by atoms with Gasteiger partial charge in [0.1, 0.15) is 13.2 Å². The SMILES string of the molecule is Nc1cc(C(=O)NC[C@@H]2CCN(CCCO)CC2O)c2c(c1Br)OCCO2. The fraction of sp³-hybridized carbons (Fsp3) is 0.611. The number of piperidine rings is 1. The van der Waals surface area contributed by atoms with Crippen molar-refractivity contribution >= 4 is 27.5 Å². The lowest BCUT2D eigenvalue weighted by molar-refractivity contribution is 0.0201. The molecule has 2 aliphatic heterocycles. The van der Waals surface area contributed by atoms with E-state index in [1.165, 1.54) is 0 Å². The monoisotopic (exact) mass is 443 g/mol. The van der Waals surface area contributed by atoms with Crippen molar-refractivity contribution in [1.29, 1.82) is 0 Å². The summed E-state index contributed by atoms with van der Waals surface area (Å²) >= 11 is 3.37. The fourth-order valence-electron chi connectivity index (χ4n) is 3.47. The minimum atomic E-state index is -0.513. The number of rotatable bonds is 6. The molecule has 8 nitrogen and oxygen atoms in total. The maximum absolute atomic E-state index is 12.7. The number of likely N-dealkylation sites (tertiary alicyclic amines) is 1. The molecule has 0 aliphatic carbocycles. The highest BCUT2D eigenvalue weighted by Gasteiger charge is 2.29. The fourth-order valence-corrected chi connectivity index (χ4v) is 3.88. The molecule has 1 fully saturated rings. The van der Waals surface area contributed by atoms with E-state index in [2.05, 4.69) is 26.1 Å². The van der Waals surface area contributed by atoms with Crippen molar-refractivity contribution in [1.82, 2.24) is 10.2 Å². The number of ether oxygens (including phenoxy) is 2. The summed E-state index contributed by atoms with van der Waals surface area (Å²) in [5, 5.41) is 22.2. The molecule has 1 aromatic rings. The first-order chi connectivity index (χ1) is 13.0. The van der Waals surface area contributed by atoms with Gasteiger partial charge in [0, 0.05) is 32.2 Å². The zero-order valence-corrected chi connectivity index (χ0v) is 16.7. The molecule has 1 unspecified atom stereocenters. The van der Waals surface area contributed by atoms with Crippen LogP contribution in [0.1, 0.15) is 23.2 Å². The third-order valence-corrected chi connectivity index (χ3v) is 5.80. The molecule has 2 heterocycles. The number of halogens is 1. The highest BCUT2D eigenvalue weighted by atomic mass is 79.9. The molecule has 1 saturated heterocycles. The minimum Gasteiger partial charge on any atom is -0.485 e. The van der Waals surface area contributed by atoms with Gasteiger partial charge in [-0.25, -0.2) is 0 Å². The standard InChI is InChI=1S/C18H26BrN3O5/c19-15-13(20)8-12(16-17(15)27-7-6-26-16)18(25)21-9-11-2-4-22(3-1-5-23)10-14(11)24/h8,11,14,23-24H,1-7,9-10,20H2,(H,21,25)/t11-,14?/m0/s1. The molecule has 27 heavy (non-hydrogen) atoms. The first-order valence-electron chi connectivity index (χ1n) is 9.18. The van der Waals surface area contributed by atoms with Crippen molar-refractivity contribution in [3.63, 3.8) is 0 Å². The van der Waals surface area contributed by atoms with Crippen LogP contribution in [0.2, 0.25) is 0 Å². The Bertz CT molecular complexity index is 687. The Kier molecular flexibility index (Phi) is 6.80. The Labute approximate surface area is 166 Å². The van der Waals surface area contributed by atoms with Crippen molar-refractivity contribution in [2.45, 2.75) is 18.9 Å². The average molecular weight is 444 g/mol.